The quantitative estimate of drug-likeness (QED) is 0.405. The lowest BCUT2D eigenvalue weighted by atomic mass is 9.88. The van der Waals surface area contributed by atoms with Crippen molar-refractivity contribution in [2.45, 2.75) is 58.9 Å². The first kappa shape index (κ1) is 20.2. The highest BCUT2D eigenvalue weighted by Gasteiger charge is 2.43. The number of pyridine rings is 1. The molecule has 138 valence electrons. The molecule has 2 heterocycles. The standard InChI is InChI=1S/C19H31N3OSSi/c1-14-11-22(17-8-9-20-10-16(17)21-13-24)12-15(2)18(14)23-25(6,7)19(3,4)5/h8-10,14-15,18H,11-12H2,1-7H3/t14-,15+,18+. The maximum Gasteiger partial charge on any atom is 0.192 e. The van der Waals surface area contributed by atoms with E-state index in [1.165, 1.54) is 0 Å². The molecule has 0 N–H and O–H groups in total. The smallest absolute Gasteiger partial charge is 0.192 e. The largest absolute Gasteiger partial charge is 0.413 e. The zero-order chi connectivity index (χ0) is 18.8. The molecule has 0 aliphatic carbocycles. The van der Waals surface area contributed by atoms with Gasteiger partial charge in [-0.2, -0.15) is 4.99 Å². The minimum Gasteiger partial charge on any atom is -0.413 e. The van der Waals surface area contributed by atoms with Gasteiger partial charge in [0.1, 0.15) is 5.69 Å². The lowest BCUT2D eigenvalue weighted by Gasteiger charge is -2.47. The van der Waals surface area contributed by atoms with E-state index in [0.717, 1.165) is 24.5 Å². The van der Waals surface area contributed by atoms with Crippen LogP contribution in [0.1, 0.15) is 34.6 Å². The van der Waals surface area contributed by atoms with Crippen molar-refractivity contribution >= 4 is 37.1 Å². The first-order valence-corrected chi connectivity index (χ1v) is 12.3. The molecule has 1 aromatic rings. The summed E-state index contributed by atoms with van der Waals surface area (Å²) in [6.07, 6.45) is 3.87. The van der Waals surface area contributed by atoms with Crippen molar-refractivity contribution in [2.24, 2.45) is 16.8 Å². The number of nitrogens with zero attached hydrogens (tertiary/aromatic N) is 3. The van der Waals surface area contributed by atoms with Crippen molar-refractivity contribution in [3.63, 3.8) is 0 Å². The van der Waals surface area contributed by atoms with E-state index in [1.54, 1.807) is 6.20 Å². The van der Waals surface area contributed by atoms with Gasteiger partial charge in [0.15, 0.2) is 8.32 Å². The zero-order valence-corrected chi connectivity index (χ0v) is 18.4. The van der Waals surface area contributed by atoms with Crippen LogP contribution in [-0.4, -0.2) is 37.7 Å². The molecule has 2 rings (SSSR count). The van der Waals surface area contributed by atoms with Gasteiger partial charge in [0.05, 0.1) is 23.1 Å². The molecule has 25 heavy (non-hydrogen) atoms. The monoisotopic (exact) mass is 377 g/mol. The van der Waals surface area contributed by atoms with Crippen molar-refractivity contribution in [1.29, 1.82) is 0 Å². The van der Waals surface area contributed by atoms with Crippen LogP contribution in [0.4, 0.5) is 11.4 Å². The summed E-state index contributed by atoms with van der Waals surface area (Å²) in [6.45, 7) is 18.1. The molecule has 1 aliphatic heterocycles. The van der Waals surface area contributed by atoms with Gasteiger partial charge in [-0.05, 0) is 48.3 Å². The summed E-state index contributed by atoms with van der Waals surface area (Å²) in [7, 11) is -1.77. The Bertz CT molecular complexity index is 640. The van der Waals surface area contributed by atoms with Gasteiger partial charge in [-0.15, -0.1) is 0 Å². The van der Waals surface area contributed by atoms with E-state index in [2.05, 4.69) is 67.8 Å². The summed E-state index contributed by atoms with van der Waals surface area (Å²) in [6, 6.07) is 2.01. The molecule has 6 heteroatoms. The van der Waals surface area contributed by atoms with Gasteiger partial charge in [-0.3, -0.25) is 4.98 Å². The molecular weight excluding hydrogens is 346 g/mol. The van der Waals surface area contributed by atoms with Crippen molar-refractivity contribution in [3.05, 3.63) is 18.5 Å². The van der Waals surface area contributed by atoms with E-state index in [0.29, 0.717) is 17.9 Å². The van der Waals surface area contributed by atoms with Crippen LogP contribution in [0.15, 0.2) is 23.5 Å². The molecule has 4 nitrogen and oxygen atoms in total. The van der Waals surface area contributed by atoms with Crippen LogP contribution < -0.4 is 4.90 Å². The Morgan fingerprint density at radius 2 is 1.88 bits per heavy atom. The molecule has 0 unspecified atom stereocenters. The van der Waals surface area contributed by atoms with E-state index < -0.39 is 8.32 Å². The zero-order valence-electron chi connectivity index (χ0n) is 16.5. The summed E-state index contributed by atoms with van der Waals surface area (Å²) >= 11 is 4.78. The van der Waals surface area contributed by atoms with Gasteiger partial charge in [-0.1, -0.05) is 34.6 Å². The lowest BCUT2D eigenvalue weighted by molar-refractivity contribution is 0.0628. The summed E-state index contributed by atoms with van der Waals surface area (Å²) in [4.78, 5) is 10.7. The van der Waals surface area contributed by atoms with Crippen LogP contribution in [0.3, 0.4) is 0 Å². The highest BCUT2D eigenvalue weighted by molar-refractivity contribution is 7.78. The third-order valence-electron chi connectivity index (χ3n) is 5.66. The topological polar surface area (TPSA) is 37.7 Å². The maximum absolute atomic E-state index is 6.78. The normalized spacial score (nSPS) is 24.8. The van der Waals surface area contributed by atoms with Crippen molar-refractivity contribution in [3.8, 4) is 0 Å². The molecule has 0 bridgehead atoms. The Kier molecular flexibility index (Phi) is 6.20. The Morgan fingerprint density at radius 1 is 1.28 bits per heavy atom. The van der Waals surface area contributed by atoms with Crippen LogP contribution in [0, 0.1) is 11.8 Å². The Balaban J connectivity index is 2.19. The second-order valence-electron chi connectivity index (χ2n) is 8.77. The summed E-state index contributed by atoms with van der Waals surface area (Å²) in [5.74, 6) is 0.908. The molecule has 0 spiro atoms. The summed E-state index contributed by atoms with van der Waals surface area (Å²) in [5.41, 5.74) is 1.87. The van der Waals surface area contributed by atoms with Crippen LogP contribution >= 0.6 is 12.2 Å². The van der Waals surface area contributed by atoms with Crippen LogP contribution in [0.2, 0.25) is 18.1 Å². The van der Waals surface area contributed by atoms with Gasteiger partial charge in [0.25, 0.3) is 0 Å². The first-order valence-electron chi connectivity index (χ1n) is 9.01. The van der Waals surface area contributed by atoms with Gasteiger partial charge >= 0.3 is 0 Å². The lowest BCUT2D eigenvalue weighted by Crippen LogP contribution is -2.54. The molecule has 3 atom stereocenters. The fourth-order valence-corrected chi connectivity index (χ4v) is 4.86. The minimum atomic E-state index is -1.77. The molecule has 1 fully saturated rings. The molecule has 0 aromatic carbocycles. The third-order valence-corrected chi connectivity index (χ3v) is 10.2. The average molecular weight is 378 g/mol. The number of hydrogen-bond donors (Lipinski definition) is 0. The third kappa shape index (κ3) is 4.56. The Morgan fingerprint density at radius 3 is 2.40 bits per heavy atom. The number of thiocarbonyl (C=S) groups is 1. The van der Waals surface area contributed by atoms with Crippen molar-refractivity contribution in [1.82, 2.24) is 4.98 Å². The Labute approximate surface area is 158 Å². The molecule has 0 radical (unpaired) electrons. The molecule has 0 saturated carbocycles. The van der Waals surface area contributed by atoms with E-state index >= 15 is 0 Å². The van der Waals surface area contributed by atoms with E-state index in [9.17, 15) is 0 Å². The number of aromatic nitrogens is 1. The summed E-state index contributed by atoms with van der Waals surface area (Å²) < 4.78 is 6.78. The molecule has 0 amide bonds. The number of isothiocyanates is 1. The summed E-state index contributed by atoms with van der Waals surface area (Å²) in [5, 5.41) is 2.70. The van der Waals surface area contributed by atoms with E-state index in [1.807, 2.05) is 12.3 Å². The predicted molar refractivity (Wildman–Crippen MR) is 112 cm³/mol. The highest BCUT2D eigenvalue weighted by Crippen LogP contribution is 2.41. The van der Waals surface area contributed by atoms with Gasteiger partial charge < -0.3 is 9.33 Å². The van der Waals surface area contributed by atoms with Crippen molar-refractivity contribution in [2.75, 3.05) is 18.0 Å². The van der Waals surface area contributed by atoms with Gasteiger partial charge in [0.2, 0.25) is 0 Å². The molecular formula is C19H31N3OSSi. The van der Waals surface area contributed by atoms with Crippen LogP contribution in [0.25, 0.3) is 0 Å². The Hall–Kier alpha value is -1.07. The van der Waals surface area contributed by atoms with Gasteiger partial charge in [-0.25, -0.2) is 0 Å². The molecule has 1 saturated heterocycles. The second-order valence-corrected chi connectivity index (χ2v) is 13.7. The number of hydrogen-bond acceptors (Lipinski definition) is 5. The SMILES string of the molecule is C[C@@H]1CN(c2ccncc2N=C=S)C[C@H](C)[C@H]1O[Si](C)(C)C(C)(C)C. The van der Waals surface area contributed by atoms with E-state index in [-0.39, 0.29) is 5.04 Å². The number of rotatable bonds is 4. The van der Waals surface area contributed by atoms with Crippen LogP contribution in [0.5, 0.6) is 0 Å². The highest BCUT2D eigenvalue weighted by atomic mass is 32.1. The molecule has 1 aromatic heterocycles. The second kappa shape index (κ2) is 7.66. The number of piperidine rings is 1. The van der Waals surface area contributed by atoms with Gasteiger partial charge in [0, 0.05) is 19.3 Å². The average Bonchev–Trinajstić information content (AvgIpc) is 2.50. The number of aliphatic imine (C=N–C) groups is 1. The minimum absolute atomic E-state index is 0.232. The van der Waals surface area contributed by atoms with Crippen LogP contribution in [-0.2, 0) is 4.43 Å². The van der Waals surface area contributed by atoms with Crippen molar-refractivity contribution < 1.29 is 4.43 Å². The predicted octanol–water partition coefficient (Wildman–Crippen LogP) is 5.30. The van der Waals surface area contributed by atoms with E-state index in [4.69, 9.17) is 16.6 Å². The fourth-order valence-electron chi connectivity index (χ4n) is 3.27. The maximum atomic E-state index is 6.78. The number of anilines is 1. The fraction of sp³-hybridized carbons (Fsp3) is 0.684. The first-order chi connectivity index (χ1) is 11.6. The molecule has 1 aliphatic rings.